The molecule has 1 aromatic heterocycles. The zero-order chi connectivity index (χ0) is 23.7. The molecule has 0 atom stereocenters. The van der Waals surface area contributed by atoms with Crippen LogP contribution in [0.4, 0.5) is 10.1 Å². The van der Waals surface area contributed by atoms with Crippen molar-refractivity contribution in [1.29, 1.82) is 0 Å². The Balaban J connectivity index is 2.11. The maximum Gasteiger partial charge on any atom is 0.333 e. The third-order valence-electron chi connectivity index (χ3n) is 6.13. The molecule has 1 heterocycles. The molecule has 1 radical (unpaired) electrons. The normalized spacial score (nSPS) is 12.1. The number of benzene rings is 2. The molecule has 8 heteroatoms. The van der Waals surface area contributed by atoms with E-state index in [1.165, 1.54) is 12.1 Å². The standard InChI is InChI=1S/C24H29BFN2O4/c1-23(2,30-7)24(3,4)32-25-17-12-16-19(13-18(17)27-5)31-21(20(16)22(29)28-6)14-8-10-15(26)11-9-14/h8-13,27H,1-7H3,(H,28,29). The van der Waals surface area contributed by atoms with Crippen molar-refractivity contribution in [3.63, 3.8) is 0 Å². The van der Waals surface area contributed by atoms with E-state index in [9.17, 15) is 9.18 Å². The molecular weight excluding hydrogens is 410 g/mol. The molecule has 2 N–H and O–H groups in total. The van der Waals surface area contributed by atoms with Crippen molar-refractivity contribution < 1.29 is 23.0 Å². The van der Waals surface area contributed by atoms with Crippen molar-refractivity contribution in [2.75, 3.05) is 26.5 Å². The molecule has 3 aromatic rings. The number of amides is 1. The number of hydrogen-bond acceptors (Lipinski definition) is 5. The van der Waals surface area contributed by atoms with Crippen LogP contribution in [0, 0.1) is 5.82 Å². The number of fused-ring (bicyclic) bond motifs is 1. The van der Waals surface area contributed by atoms with Crippen LogP contribution < -0.4 is 16.1 Å². The van der Waals surface area contributed by atoms with E-state index >= 15 is 0 Å². The molecule has 0 saturated heterocycles. The molecule has 3 rings (SSSR count). The SMILES string of the molecule is CNC(=O)c1c(-c2ccc(F)cc2)oc2cc(NC)c([B]OC(C)(C)C(C)(C)OC)cc12. The number of anilines is 1. The van der Waals surface area contributed by atoms with E-state index in [1.54, 1.807) is 40.8 Å². The van der Waals surface area contributed by atoms with Gasteiger partial charge in [0, 0.05) is 43.9 Å². The van der Waals surface area contributed by atoms with Gasteiger partial charge in [0.2, 0.25) is 0 Å². The van der Waals surface area contributed by atoms with Gasteiger partial charge in [-0.2, -0.15) is 0 Å². The lowest BCUT2D eigenvalue weighted by molar-refractivity contribution is -0.114. The Morgan fingerprint density at radius 1 is 1.06 bits per heavy atom. The molecule has 0 spiro atoms. The maximum absolute atomic E-state index is 13.4. The van der Waals surface area contributed by atoms with Gasteiger partial charge < -0.3 is 24.4 Å². The van der Waals surface area contributed by atoms with E-state index < -0.39 is 11.2 Å². The molecule has 0 unspecified atom stereocenters. The van der Waals surface area contributed by atoms with E-state index in [2.05, 4.69) is 10.6 Å². The second-order valence-electron chi connectivity index (χ2n) is 8.54. The minimum absolute atomic E-state index is 0.298. The molecule has 169 valence electrons. The highest BCUT2D eigenvalue weighted by atomic mass is 19.1. The fourth-order valence-electron chi connectivity index (χ4n) is 3.23. The Kier molecular flexibility index (Phi) is 6.67. The van der Waals surface area contributed by atoms with Crippen LogP contribution in [-0.4, -0.2) is 45.8 Å². The van der Waals surface area contributed by atoms with Crippen molar-refractivity contribution in [2.45, 2.75) is 38.9 Å². The Morgan fingerprint density at radius 2 is 1.72 bits per heavy atom. The van der Waals surface area contributed by atoms with Crippen LogP contribution in [0.5, 0.6) is 0 Å². The van der Waals surface area contributed by atoms with Gasteiger partial charge in [-0.1, -0.05) is 6.07 Å². The summed E-state index contributed by atoms with van der Waals surface area (Å²) in [5, 5.41) is 6.44. The van der Waals surface area contributed by atoms with Crippen molar-refractivity contribution in [2.24, 2.45) is 0 Å². The number of furan rings is 1. The van der Waals surface area contributed by atoms with Crippen LogP contribution in [0.15, 0.2) is 40.8 Å². The van der Waals surface area contributed by atoms with E-state index in [0.29, 0.717) is 27.9 Å². The van der Waals surface area contributed by atoms with Gasteiger partial charge in [-0.25, -0.2) is 4.39 Å². The summed E-state index contributed by atoms with van der Waals surface area (Å²) in [5.41, 5.74) is 1.87. The number of halogens is 1. The third-order valence-corrected chi connectivity index (χ3v) is 6.13. The number of methoxy groups -OCH3 is 1. The third kappa shape index (κ3) is 4.38. The zero-order valence-corrected chi connectivity index (χ0v) is 19.6. The lowest BCUT2D eigenvalue weighted by Gasteiger charge is -2.40. The Bertz CT molecular complexity index is 1120. The van der Waals surface area contributed by atoms with Gasteiger partial charge in [-0.15, -0.1) is 0 Å². The van der Waals surface area contributed by atoms with Crippen LogP contribution >= 0.6 is 0 Å². The van der Waals surface area contributed by atoms with Gasteiger partial charge in [0.15, 0.2) is 0 Å². The molecule has 0 fully saturated rings. The first-order valence-corrected chi connectivity index (χ1v) is 10.4. The van der Waals surface area contributed by atoms with Gasteiger partial charge in [-0.3, -0.25) is 4.79 Å². The molecule has 6 nitrogen and oxygen atoms in total. The van der Waals surface area contributed by atoms with Crippen molar-refractivity contribution >= 4 is 35.5 Å². The van der Waals surface area contributed by atoms with Gasteiger partial charge >= 0.3 is 7.48 Å². The highest BCUT2D eigenvalue weighted by Gasteiger charge is 2.38. The Hall–Kier alpha value is -2.84. The van der Waals surface area contributed by atoms with E-state index in [0.717, 1.165) is 11.2 Å². The second-order valence-corrected chi connectivity index (χ2v) is 8.54. The average Bonchev–Trinajstić information content (AvgIpc) is 3.14. The Morgan fingerprint density at radius 3 is 2.28 bits per heavy atom. The molecule has 0 aliphatic heterocycles. The summed E-state index contributed by atoms with van der Waals surface area (Å²) in [6, 6.07) is 9.51. The van der Waals surface area contributed by atoms with E-state index in [4.69, 9.17) is 13.8 Å². The molecule has 0 aliphatic carbocycles. The number of carbonyl (C=O) groups is 1. The fraction of sp³-hybridized carbons (Fsp3) is 0.375. The van der Waals surface area contributed by atoms with Crippen LogP contribution in [0.2, 0.25) is 0 Å². The minimum atomic E-state index is -0.624. The average molecular weight is 439 g/mol. The van der Waals surface area contributed by atoms with Crippen molar-refractivity contribution in [1.82, 2.24) is 5.32 Å². The van der Waals surface area contributed by atoms with Gasteiger partial charge in [0.05, 0.1) is 16.8 Å². The largest absolute Gasteiger partial charge is 0.455 e. The summed E-state index contributed by atoms with van der Waals surface area (Å²) in [5.74, 6) is -0.284. The van der Waals surface area contributed by atoms with Crippen LogP contribution in [0.3, 0.4) is 0 Å². The number of carbonyl (C=O) groups excluding carboxylic acids is 1. The number of nitrogens with one attached hydrogen (secondary N) is 2. The van der Waals surface area contributed by atoms with E-state index in [-0.39, 0.29) is 11.7 Å². The molecule has 0 aliphatic rings. The first-order valence-electron chi connectivity index (χ1n) is 10.4. The quantitative estimate of drug-likeness (QED) is 0.517. The maximum atomic E-state index is 13.4. The Labute approximate surface area is 188 Å². The van der Waals surface area contributed by atoms with Crippen molar-refractivity contribution in [3.8, 4) is 11.3 Å². The van der Waals surface area contributed by atoms with Crippen molar-refractivity contribution in [3.05, 3.63) is 47.8 Å². The predicted molar refractivity (Wildman–Crippen MR) is 126 cm³/mol. The van der Waals surface area contributed by atoms with Crippen LogP contribution in [0.1, 0.15) is 38.1 Å². The molecule has 0 bridgehead atoms. The van der Waals surface area contributed by atoms with Crippen LogP contribution in [0.25, 0.3) is 22.3 Å². The van der Waals surface area contributed by atoms with Gasteiger partial charge in [0.25, 0.3) is 5.91 Å². The first kappa shape index (κ1) is 23.8. The molecule has 0 saturated carbocycles. The zero-order valence-electron chi connectivity index (χ0n) is 19.6. The van der Waals surface area contributed by atoms with Gasteiger partial charge in [0.1, 0.15) is 17.2 Å². The molecule has 1 amide bonds. The number of rotatable bonds is 8. The summed E-state index contributed by atoms with van der Waals surface area (Å²) in [6.07, 6.45) is 0. The minimum Gasteiger partial charge on any atom is -0.455 e. The lowest BCUT2D eigenvalue weighted by Crippen LogP contribution is -2.50. The number of ether oxygens (including phenoxy) is 1. The number of hydrogen-bond donors (Lipinski definition) is 2. The summed E-state index contributed by atoms with van der Waals surface area (Å²) >= 11 is 0. The molecule has 2 aromatic carbocycles. The summed E-state index contributed by atoms with van der Waals surface area (Å²) in [7, 11) is 6.66. The summed E-state index contributed by atoms with van der Waals surface area (Å²) in [4.78, 5) is 12.8. The highest BCUT2D eigenvalue weighted by Crippen LogP contribution is 2.35. The monoisotopic (exact) mass is 439 g/mol. The smallest absolute Gasteiger partial charge is 0.333 e. The summed E-state index contributed by atoms with van der Waals surface area (Å²) in [6.45, 7) is 7.81. The predicted octanol–water partition coefficient (Wildman–Crippen LogP) is 4.10. The molecular formula is C24H29BFN2O4. The topological polar surface area (TPSA) is 72.7 Å². The van der Waals surface area contributed by atoms with Gasteiger partial charge in [-0.05, 0) is 57.4 Å². The fourth-order valence-corrected chi connectivity index (χ4v) is 3.23. The van der Waals surface area contributed by atoms with E-state index in [1.807, 2.05) is 39.8 Å². The second kappa shape index (κ2) is 8.96. The molecule has 32 heavy (non-hydrogen) atoms. The first-order chi connectivity index (χ1) is 15.0. The lowest BCUT2D eigenvalue weighted by atomic mass is 9.81. The summed E-state index contributed by atoms with van der Waals surface area (Å²) < 4.78 is 31.2. The van der Waals surface area contributed by atoms with Crippen LogP contribution in [-0.2, 0) is 9.39 Å². The highest BCUT2D eigenvalue weighted by molar-refractivity contribution is 6.50.